The fourth-order valence-electron chi connectivity index (χ4n) is 3.25. The summed E-state index contributed by atoms with van der Waals surface area (Å²) in [6, 6.07) is 1.35. The molecule has 1 aliphatic rings. The van der Waals surface area contributed by atoms with E-state index in [9.17, 15) is 9.90 Å². The number of likely N-dealkylation sites (tertiary alicyclic amines) is 1. The van der Waals surface area contributed by atoms with Gasteiger partial charge in [0, 0.05) is 12.1 Å². The van der Waals surface area contributed by atoms with Crippen molar-refractivity contribution in [3.05, 3.63) is 0 Å². The fraction of sp³-hybridized carbons (Fsp3) is 0.938. The van der Waals surface area contributed by atoms with E-state index in [0.29, 0.717) is 18.5 Å². The van der Waals surface area contributed by atoms with Crippen LogP contribution in [0.25, 0.3) is 0 Å². The molecule has 0 aromatic heterocycles. The highest BCUT2D eigenvalue weighted by Gasteiger charge is 2.33. The van der Waals surface area contributed by atoms with Gasteiger partial charge in [0.05, 0.1) is 0 Å². The van der Waals surface area contributed by atoms with Gasteiger partial charge in [0.2, 0.25) is 0 Å². The van der Waals surface area contributed by atoms with Gasteiger partial charge in [0.1, 0.15) is 5.54 Å². The largest absolute Gasteiger partial charge is 0.480 e. The fourth-order valence-corrected chi connectivity index (χ4v) is 3.25. The number of carboxylic acid groups (broad SMARTS) is 1. The van der Waals surface area contributed by atoms with E-state index in [2.05, 4.69) is 31.0 Å². The Kier molecular flexibility index (Phi) is 6.96. The van der Waals surface area contributed by atoms with Crippen LogP contribution in [0.3, 0.4) is 0 Å². The van der Waals surface area contributed by atoms with E-state index in [0.717, 1.165) is 25.9 Å². The minimum atomic E-state index is -0.777. The van der Waals surface area contributed by atoms with Crippen molar-refractivity contribution in [2.45, 2.75) is 83.8 Å². The normalized spacial score (nSPS) is 26.6. The van der Waals surface area contributed by atoms with E-state index < -0.39 is 11.5 Å². The quantitative estimate of drug-likeness (QED) is 0.683. The van der Waals surface area contributed by atoms with E-state index in [1.165, 1.54) is 19.3 Å². The van der Waals surface area contributed by atoms with Gasteiger partial charge < -0.3 is 10.4 Å². The first-order valence-electron chi connectivity index (χ1n) is 8.18. The Morgan fingerprint density at radius 2 is 2.10 bits per heavy atom. The van der Waals surface area contributed by atoms with Gasteiger partial charge >= 0.3 is 5.97 Å². The first-order chi connectivity index (χ1) is 9.44. The third kappa shape index (κ3) is 4.45. The Balaban J connectivity index is 2.45. The summed E-state index contributed by atoms with van der Waals surface area (Å²) in [5.41, 5.74) is -0.777. The van der Waals surface area contributed by atoms with Gasteiger partial charge in [-0.05, 0) is 65.5 Å². The Morgan fingerprint density at radius 3 is 2.65 bits per heavy atom. The molecule has 0 aromatic rings. The minimum Gasteiger partial charge on any atom is -0.480 e. The van der Waals surface area contributed by atoms with E-state index in [1.54, 1.807) is 0 Å². The second kappa shape index (κ2) is 7.99. The molecule has 4 nitrogen and oxygen atoms in total. The summed E-state index contributed by atoms with van der Waals surface area (Å²) in [4.78, 5) is 14.0. The molecule has 20 heavy (non-hydrogen) atoms. The zero-order valence-corrected chi connectivity index (χ0v) is 13.6. The second-order valence-corrected chi connectivity index (χ2v) is 6.39. The molecule has 0 bridgehead atoms. The molecule has 0 saturated carbocycles. The van der Waals surface area contributed by atoms with Crippen LogP contribution in [0.2, 0.25) is 0 Å². The number of carbonyl (C=O) groups is 1. The van der Waals surface area contributed by atoms with Crippen LogP contribution in [0.5, 0.6) is 0 Å². The smallest absolute Gasteiger partial charge is 0.323 e. The van der Waals surface area contributed by atoms with Crippen LogP contribution in [0.1, 0.15) is 66.2 Å². The van der Waals surface area contributed by atoms with Crippen molar-refractivity contribution in [3.8, 4) is 0 Å². The summed E-state index contributed by atoms with van der Waals surface area (Å²) in [6.07, 6.45) is 6.38. The second-order valence-electron chi connectivity index (χ2n) is 6.39. The lowest BCUT2D eigenvalue weighted by Gasteiger charge is -2.30. The predicted octanol–water partition coefficient (Wildman–Crippen LogP) is 2.87. The number of nitrogens with one attached hydrogen (secondary N) is 1. The first-order valence-corrected chi connectivity index (χ1v) is 8.18. The summed E-state index contributed by atoms with van der Waals surface area (Å²) < 4.78 is 0. The SMILES string of the molecule is CCCNC(C)(CCCN1C(C)CCC1CC)C(=O)O. The van der Waals surface area contributed by atoms with Crippen LogP contribution >= 0.6 is 0 Å². The molecule has 1 fully saturated rings. The lowest BCUT2D eigenvalue weighted by Crippen LogP contribution is -2.50. The average Bonchev–Trinajstić information content (AvgIpc) is 2.77. The van der Waals surface area contributed by atoms with Gasteiger partial charge in [-0.25, -0.2) is 0 Å². The minimum absolute atomic E-state index is 0.652. The van der Waals surface area contributed by atoms with Crippen molar-refractivity contribution in [2.24, 2.45) is 0 Å². The van der Waals surface area contributed by atoms with Crippen molar-refractivity contribution >= 4 is 5.97 Å². The summed E-state index contributed by atoms with van der Waals surface area (Å²) >= 11 is 0. The number of hydrogen-bond donors (Lipinski definition) is 2. The number of rotatable bonds is 9. The highest BCUT2D eigenvalue weighted by Crippen LogP contribution is 2.26. The van der Waals surface area contributed by atoms with Crippen LogP contribution in [0.15, 0.2) is 0 Å². The Labute approximate surface area is 123 Å². The Morgan fingerprint density at radius 1 is 1.40 bits per heavy atom. The summed E-state index contributed by atoms with van der Waals surface area (Å²) in [6.45, 7) is 10.2. The molecule has 3 atom stereocenters. The van der Waals surface area contributed by atoms with E-state index in [-0.39, 0.29) is 0 Å². The van der Waals surface area contributed by atoms with Crippen molar-refractivity contribution in [2.75, 3.05) is 13.1 Å². The number of carboxylic acids is 1. The Bertz CT molecular complexity index is 309. The molecule has 1 rings (SSSR count). The molecule has 2 N–H and O–H groups in total. The van der Waals surface area contributed by atoms with Crippen molar-refractivity contribution < 1.29 is 9.90 Å². The highest BCUT2D eigenvalue weighted by atomic mass is 16.4. The summed E-state index contributed by atoms with van der Waals surface area (Å²) in [5.74, 6) is -0.729. The van der Waals surface area contributed by atoms with E-state index in [4.69, 9.17) is 0 Å². The molecule has 0 radical (unpaired) electrons. The maximum Gasteiger partial charge on any atom is 0.323 e. The van der Waals surface area contributed by atoms with Gasteiger partial charge in [-0.1, -0.05) is 13.8 Å². The first kappa shape index (κ1) is 17.4. The molecule has 0 aromatic carbocycles. The van der Waals surface area contributed by atoms with Crippen LogP contribution in [-0.4, -0.2) is 46.7 Å². The maximum absolute atomic E-state index is 11.5. The van der Waals surface area contributed by atoms with Crippen LogP contribution in [0.4, 0.5) is 0 Å². The Hall–Kier alpha value is -0.610. The summed E-state index contributed by atoms with van der Waals surface area (Å²) in [7, 11) is 0. The predicted molar refractivity (Wildman–Crippen MR) is 83.0 cm³/mol. The topological polar surface area (TPSA) is 52.6 Å². The molecule has 1 heterocycles. The number of aliphatic carboxylic acids is 1. The van der Waals surface area contributed by atoms with Gasteiger partial charge in [0.25, 0.3) is 0 Å². The van der Waals surface area contributed by atoms with Gasteiger partial charge in [-0.15, -0.1) is 0 Å². The number of nitrogens with zero attached hydrogens (tertiary/aromatic N) is 1. The molecule has 0 aliphatic carbocycles. The molecule has 0 amide bonds. The van der Waals surface area contributed by atoms with Crippen molar-refractivity contribution in [1.29, 1.82) is 0 Å². The zero-order valence-electron chi connectivity index (χ0n) is 13.6. The molecule has 1 aliphatic heterocycles. The van der Waals surface area contributed by atoms with Crippen LogP contribution < -0.4 is 5.32 Å². The zero-order chi connectivity index (χ0) is 15.2. The molecule has 118 valence electrons. The monoisotopic (exact) mass is 284 g/mol. The highest BCUT2D eigenvalue weighted by molar-refractivity contribution is 5.78. The molecule has 1 saturated heterocycles. The van der Waals surface area contributed by atoms with Crippen molar-refractivity contribution in [3.63, 3.8) is 0 Å². The summed E-state index contributed by atoms with van der Waals surface area (Å²) in [5, 5.41) is 12.6. The number of hydrogen-bond acceptors (Lipinski definition) is 3. The molecule has 0 spiro atoms. The lowest BCUT2D eigenvalue weighted by molar-refractivity contribution is -0.144. The molecule has 4 heteroatoms. The molecular weight excluding hydrogens is 252 g/mol. The third-order valence-corrected chi connectivity index (χ3v) is 4.75. The van der Waals surface area contributed by atoms with E-state index in [1.807, 2.05) is 6.92 Å². The molecular formula is C16H32N2O2. The average molecular weight is 284 g/mol. The van der Waals surface area contributed by atoms with Gasteiger partial charge in [-0.3, -0.25) is 9.69 Å². The van der Waals surface area contributed by atoms with Crippen LogP contribution in [0, 0.1) is 0 Å². The third-order valence-electron chi connectivity index (χ3n) is 4.75. The van der Waals surface area contributed by atoms with Gasteiger partial charge in [0.15, 0.2) is 0 Å². The van der Waals surface area contributed by atoms with Gasteiger partial charge in [-0.2, -0.15) is 0 Å². The van der Waals surface area contributed by atoms with Crippen LogP contribution in [-0.2, 0) is 4.79 Å². The molecule has 3 unspecified atom stereocenters. The standard InChI is InChI=1S/C16H32N2O2/c1-5-11-17-16(4,15(19)20)10-7-12-18-13(3)8-9-14(18)6-2/h13-14,17H,5-12H2,1-4H3,(H,19,20). The van der Waals surface area contributed by atoms with Crippen molar-refractivity contribution in [1.82, 2.24) is 10.2 Å². The lowest BCUT2D eigenvalue weighted by atomic mass is 9.95. The van der Waals surface area contributed by atoms with E-state index >= 15 is 0 Å². The maximum atomic E-state index is 11.5.